The van der Waals surface area contributed by atoms with Crippen molar-refractivity contribution in [3.8, 4) is 0 Å². The lowest BCUT2D eigenvalue weighted by Gasteiger charge is -1.97. The lowest BCUT2D eigenvalue weighted by molar-refractivity contribution is 0.371. The van der Waals surface area contributed by atoms with Crippen molar-refractivity contribution in [1.82, 2.24) is 0 Å². The van der Waals surface area contributed by atoms with Gasteiger partial charge in [0.2, 0.25) is 0 Å². The Kier molecular flexibility index (Phi) is 5.44. The van der Waals surface area contributed by atoms with Gasteiger partial charge in [-0.3, -0.25) is 0 Å². The second-order valence-electron chi connectivity index (χ2n) is 2.76. The summed E-state index contributed by atoms with van der Waals surface area (Å²) in [6, 6.07) is 0. The fraction of sp³-hybridized carbons (Fsp3) is 0.500. The van der Waals surface area contributed by atoms with Gasteiger partial charge in [-0.15, -0.1) is 0 Å². The molecule has 0 unspecified atom stereocenters. The fourth-order valence-corrected chi connectivity index (χ4v) is 0.360. The second kappa shape index (κ2) is 5.89. The summed E-state index contributed by atoms with van der Waals surface area (Å²) < 4.78 is 9.78. The molecule has 2 nitrogen and oxygen atoms in total. The van der Waals surface area contributed by atoms with E-state index in [0.717, 1.165) is 11.1 Å². The first-order chi connectivity index (χ1) is 5.13. The van der Waals surface area contributed by atoms with Crippen LogP contribution in [0.4, 0.5) is 0 Å². The van der Waals surface area contributed by atoms with Gasteiger partial charge in [0.1, 0.15) is 0 Å². The Bertz CT molecular complexity index is 135. The van der Waals surface area contributed by atoms with Crippen molar-refractivity contribution < 1.29 is 9.31 Å². The Morgan fingerprint density at radius 1 is 0.909 bits per heavy atom. The first kappa shape index (κ1) is 10.1. The Morgan fingerprint density at radius 2 is 1.27 bits per heavy atom. The maximum absolute atomic E-state index is 4.89. The molecule has 0 aliphatic heterocycles. The maximum Gasteiger partial charge on any atom is 0.657 e. The zero-order valence-electron chi connectivity index (χ0n) is 7.55. The van der Waals surface area contributed by atoms with Gasteiger partial charge in [0, 0.05) is 0 Å². The van der Waals surface area contributed by atoms with Crippen LogP contribution in [-0.2, 0) is 9.31 Å². The van der Waals surface area contributed by atoms with E-state index in [1.54, 1.807) is 12.5 Å². The molecule has 61 valence electrons. The van der Waals surface area contributed by atoms with Crippen LogP contribution in [0.5, 0.6) is 0 Å². The summed E-state index contributed by atoms with van der Waals surface area (Å²) in [7, 11) is 1.29. The van der Waals surface area contributed by atoms with Crippen LogP contribution in [0.3, 0.4) is 0 Å². The summed E-state index contributed by atoms with van der Waals surface area (Å²) in [5.74, 6) is 0. The molecule has 11 heavy (non-hydrogen) atoms. The zero-order chi connectivity index (χ0) is 8.69. The molecular weight excluding hydrogens is 139 g/mol. The molecule has 0 bridgehead atoms. The predicted molar refractivity (Wildman–Crippen MR) is 46.8 cm³/mol. The molecule has 0 aliphatic rings. The fourth-order valence-electron chi connectivity index (χ4n) is 0.360. The lowest BCUT2D eigenvalue weighted by atomic mass is 10.3. The van der Waals surface area contributed by atoms with Gasteiger partial charge in [0.15, 0.2) is 0 Å². The van der Waals surface area contributed by atoms with E-state index in [0.29, 0.717) is 0 Å². The molecule has 0 spiro atoms. The average Bonchev–Trinajstić information content (AvgIpc) is 1.85. The van der Waals surface area contributed by atoms with Gasteiger partial charge < -0.3 is 9.31 Å². The average molecular weight is 153 g/mol. The summed E-state index contributed by atoms with van der Waals surface area (Å²) in [6.07, 6.45) is 3.25. The molecule has 0 amide bonds. The molecule has 0 fully saturated rings. The van der Waals surface area contributed by atoms with E-state index in [2.05, 4.69) is 0 Å². The van der Waals surface area contributed by atoms with E-state index >= 15 is 0 Å². The molecule has 0 rings (SSSR count). The van der Waals surface area contributed by atoms with Crippen molar-refractivity contribution in [2.45, 2.75) is 27.7 Å². The minimum atomic E-state index is 1.10. The molecule has 0 saturated heterocycles. The Labute approximate surface area is 69.2 Å². The van der Waals surface area contributed by atoms with Crippen molar-refractivity contribution in [3.63, 3.8) is 0 Å². The zero-order valence-corrected chi connectivity index (χ0v) is 7.55. The van der Waals surface area contributed by atoms with Crippen molar-refractivity contribution >= 4 is 7.69 Å². The van der Waals surface area contributed by atoms with Gasteiger partial charge in [-0.1, -0.05) is 0 Å². The Morgan fingerprint density at radius 3 is 1.55 bits per heavy atom. The third kappa shape index (κ3) is 9.14. The van der Waals surface area contributed by atoms with Crippen LogP contribution < -0.4 is 0 Å². The minimum Gasteiger partial charge on any atom is -0.532 e. The summed E-state index contributed by atoms with van der Waals surface area (Å²) >= 11 is 0. The molecular formula is C8H14BO2. The normalized spacial score (nSPS) is 8.00. The molecule has 0 N–H and O–H groups in total. The van der Waals surface area contributed by atoms with Gasteiger partial charge in [-0.25, -0.2) is 0 Å². The van der Waals surface area contributed by atoms with Gasteiger partial charge >= 0.3 is 7.69 Å². The van der Waals surface area contributed by atoms with Crippen LogP contribution in [0.25, 0.3) is 0 Å². The molecule has 0 aromatic carbocycles. The SMILES string of the molecule is CC(C)=CO[B]OC=C(C)C. The van der Waals surface area contributed by atoms with Gasteiger partial charge in [0.25, 0.3) is 0 Å². The number of rotatable bonds is 4. The van der Waals surface area contributed by atoms with E-state index in [-0.39, 0.29) is 0 Å². The first-order valence-corrected chi connectivity index (χ1v) is 3.52. The van der Waals surface area contributed by atoms with Crippen LogP contribution in [-0.4, -0.2) is 7.69 Å². The van der Waals surface area contributed by atoms with Crippen molar-refractivity contribution in [2.24, 2.45) is 0 Å². The Hall–Kier alpha value is -0.855. The quantitative estimate of drug-likeness (QED) is 0.350. The summed E-state index contributed by atoms with van der Waals surface area (Å²) in [5, 5.41) is 0. The topological polar surface area (TPSA) is 18.5 Å². The highest BCUT2D eigenvalue weighted by molar-refractivity contribution is 6.18. The summed E-state index contributed by atoms with van der Waals surface area (Å²) in [5.41, 5.74) is 2.20. The molecule has 1 radical (unpaired) electrons. The van der Waals surface area contributed by atoms with E-state index in [9.17, 15) is 0 Å². The van der Waals surface area contributed by atoms with E-state index in [1.807, 2.05) is 27.7 Å². The van der Waals surface area contributed by atoms with Crippen LogP contribution in [0.2, 0.25) is 0 Å². The van der Waals surface area contributed by atoms with Gasteiger partial charge in [0.05, 0.1) is 12.5 Å². The smallest absolute Gasteiger partial charge is 0.532 e. The largest absolute Gasteiger partial charge is 0.657 e. The van der Waals surface area contributed by atoms with Crippen LogP contribution in [0.15, 0.2) is 23.7 Å². The molecule has 0 aliphatic carbocycles. The first-order valence-electron chi connectivity index (χ1n) is 3.52. The molecule has 0 aromatic heterocycles. The number of allylic oxidation sites excluding steroid dienone is 2. The van der Waals surface area contributed by atoms with Crippen molar-refractivity contribution in [2.75, 3.05) is 0 Å². The maximum atomic E-state index is 4.89. The van der Waals surface area contributed by atoms with Crippen LogP contribution in [0, 0.1) is 0 Å². The molecule has 0 atom stereocenters. The Balaban J connectivity index is 3.29. The van der Waals surface area contributed by atoms with E-state index in [1.165, 1.54) is 7.69 Å². The van der Waals surface area contributed by atoms with Crippen LogP contribution >= 0.6 is 0 Å². The number of hydrogen-bond donors (Lipinski definition) is 0. The highest BCUT2D eigenvalue weighted by atomic mass is 16.6. The standard InChI is InChI=1S/C8H14BO2/c1-7(2)5-10-9-11-6-8(3)4/h5-6H,1-4H3. The molecule has 3 heteroatoms. The third-order valence-corrected chi connectivity index (χ3v) is 0.719. The highest BCUT2D eigenvalue weighted by Crippen LogP contribution is 1.91. The minimum absolute atomic E-state index is 1.10. The van der Waals surface area contributed by atoms with Crippen LogP contribution in [0.1, 0.15) is 27.7 Å². The highest BCUT2D eigenvalue weighted by Gasteiger charge is 1.89. The predicted octanol–water partition coefficient (Wildman–Crippen LogP) is 2.40. The van der Waals surface area contributed by atoms with E-state index < -0.39 is 0 Å². The van der Waals surface area contributed by atoms with E-state index in [4.69, 9.17) is 9.31 Å². The molecule has 0 heterocycles. The van der Waals surface area contributed by atoms with Crippen molar-refractivity contribution in [1.29, 1.82) is 0 Å². The monoisotopic (exact) mass is 153 g/mol. The molecule has 0 aromatic rings. The lowest BCUT2D eigenvalue weighted by Crippen LogP contribution is -1.95. The summed E-state index contributed by atoms with van der Waals surface area (Å²) in [6.45, 7) is 7.81. The van der Waals surface area contributed by atoms with Gasteiger partial charge in [-0.2, -0.15) is 0 Å². The third-order valence-electron chi connectivity index (χ3n) is 0.719. The van der Waals surface area contributed by atoms with Gasteiger partial charge in [-0.05, 0) is 38.8 Å². The molecule has 0 saturated carbocycles. The second-order valence-corrected chi connectivity index (χ2v) is 2.76. The van der Waals surface area contributed by atoms with Crippen molar-refractivity contribution in [3.05, 3.63) is 23.7 Å². The number of hydrogen-bond acceptors (Lipinski definition) is 2. The summed E-state index contributed by atoms with van der Waals surface area (Å²) in [4.78, 5) is 0.